The van der Waals surface area contributed by atoms with Crippen molar-refractivity contribution in [3.8, 4) is 0 Å². The molecule has 3 aromatic rings. The monoisotopic (exact) mass is 861 g/mol. The first-order chi connectivity index (χ1) is 27.2. The van der Waals surface area contributed by atoms with E-state index in [4.69, 9.17) is 33.7 Å². The van der Waals surface area contributed by atoms with Crippen LogP contribution in [0.5, 0.6) is 0 Å². The van der Waals surface area contributed by atoms with Gasteiger partial charge < -0.3 is 34.3 Å². The number of cyclic esters (lactones) is 1. The number of nitrogens with zero attached hydrogens (tertiary/aromatic N) is 5. The van der Waals surface area contributed by atoms with Gasteiger partial charge in [-0.15, -0.1) is 34.0 Å². The average molecular weight is 862 g/mol. The van der Waals surface area contributed by atoms with Gasteiger partial charge in [0.05, 0.1) is 24.6 Å². The highest BCUT2D eigenvalue weighted by Gasteiger charge is 2.52. The lowest BCUT2D eigenvalue weighted by molar-refractivity contribution is -0.125. The smallest absolute Gasteiger partial charge is 0.420 e. The molecule has 1 saturated heterocycles. The zero-order valence-electron chi connectivity index (χ0n) is 33.8. The van der Waals surface area contributed by atoms with Gasteiger partial charge in [-0.05, 0) is 82.1 Å². The van der Waals surface area contributed by atoms with Crippen LogP contribution in [-0.2, 0) is 34.0 Å². The van der Waals surface area contributed by atoms with Crippen LogP contribution in [0.3, 0.4) is 0 Å². The quantitative estimate of drug-likeness (QED) is 0.156. The van der Waals surface area contributed by atoms with Gasteiger partial charge in [0.15, 0.2) is 11.4 Å². The number of carbonyl (C=O) groups is 6. The second kappa shape index (κ2) is 17.5. The summed E-state index contributed by atoms with van der Waals surface area (Å²) in [4.78, 5) is 98.8. The normalized spacial score (nSPS) is 21.3. The number of aromatic nitrogens is 3. The summed E-state index contributed by atoms with van der Waals surface area (Å²) in [5.74, 6) is -1.90. The largest absolute Gasteiger partial charge is 0.461 e. The Morgan fingerprint density at radius 1 is 0.914 bits per heavy atom. The minimum Gasteiger partial charge on any atom is -0.461 e. The number of amides is 4. The molecule has 5 rings (SSSR count). The van der Waals surface area contributed by atoms with E-state index < -0.39 is 77.1 Å². The molecule has 5 heterocycles. The Bertz CT molecular complexity index is 2080. The summed E-state index contributed by atoms with van der Waals surface area (Å²) in [6, 6.07) is -3.18. The molecule has 2 aliphatic rings. The third-order valence-corrected chi connectivity index (χ3v) is 11.3. The molecule has 58 heavy (non-hydrogen) atoms. The minimum atomic E-state index is -1.51. The topological polar surface area (TPSA) is 227 Å². The zero-order valence-corrected chi connectivity index (χ0v) is 36.3. The summed E-state index contributed by atoms with van der Waals surface area (Å²) in [6.07, 6.45) is -3.10. The van der Waals surface area contributed by atoms with Gasteiger partial charge in [-0.25, -0.2) is 38.9 Å². The molecule has 0 unspecified atom stereocenters. The number of esters is 2. The lowest BCUT2D eigenvalue weighted by Gasteiger charge is -2.41. The zero-order chi connectivity index (χ0) is 42.7. The van der Waals surface area contributed by atoms with E-state index >= 15 is 0 Å². The number of carbonyl (C=O) groups excluding carboxylic acids is 6. The predicted octanol–water partition coefficient (Wildman–Crippen LogP) is 6.48. The molecule has 2 aliphatic heterocycles. The molecule has 314 valence electrons. The Morgan fingerprint density at radius 2 is 1.53 bits per heavy atom. The second-order valence-corrected chi connectivity index (χ2v) is 17.9. The van der Waals surface area contributed by atoms with Crippen molar-refractivity contribution in [2.45, 2.75) is 123 Å². The number of alkyl carbamates (subject to hydrolysis) is 1. The van der Waals surface area contributed by atoms with Crippen molar-refractivity contribution in [2.75, 3.05) is 13.2 Å². The van der Waals surface area contributed by atoms with Crippen molar-refractivity contribution in [3.05, 3.63) is 48.2 Å². The number of nitrogens with one attached hydrogen (secondary N) is 2. The first kappa shape index (κ1) is 44.1. The molecule has 0 aliphatic carbocycles. The number of rotatable bonds is 11. The van der Waals surface area contributed by atoms with Crippen LogP contribution in [0.25, 0.3) is 0 Å². The Labute approximate surface area is 347 Å². The van der Waals surface area contributed by atoms with E-state index in [9.17, 15) is 28.8 Å². The molecule has 0 saturated carbocycles. The maximum atomic E-state index is 14.2. The van der Waals surface area contributed by atoms with Gasteiger partial charge in [0, 0.05) is 16.1 Å². The Balaban J connectivity index is 1.65. The summed E-state index contributed by atoms with van der Waals surface area (Å²) >= 11 is 3.41. The van der Waals surface area contributed by atoms with E-state index in [2.05, 4.69) is 20.6 Å². The van der Waals surface area contributed by atoms with Crippen LogP contribution in [0.15, 0.2) is 21.1 Å². The van der Waals surface area contributed by atoms with Crippen molar-refractivity contribution in [1.82, 2.24) is 30.5 Å². The van der Waals surface area contributed by atoms with Crippen LogP contribution in [-0.4, -0.2) is 98.3 Å². The van der Waals surface area contributed by atoms with Gasteiger partial charge in [0.2, 0.25) is 5.91 Å². The van der Waals surface area contributed by atoms with E-state index in [1.165, 1.54) is 23.6 Å². The molecule has 0 aromatic carbocycles. The SMILES string of the molecule is CCOC(=O)c1csc(C2=N[C@H](c3csc([C@@H]4[C@@H](C)OC(=O)N4C(=O)OC(C)(C)C)n3)[C@@](NC(=O)[C@H](C)NC(=O)OC(C)(C)C)(c3nc(C(=O)OCC)cs3)CC2)n1. The maximum Gasteiger partial charge on any atom is 0.420 e. The van der Waals surface area contributed by atoms with Gasteiger partial charge in [-0.3, -0.25) is 9.79 Å². The first-order valence-corrected chi connectivity index (χ1v) is 21.1. The van der Waals surface area contributed by atoms with Crippen LogP contribution < -0.4 is 10.6 Å². The van der Waals surface area contributed by atoms with Crippen molar-refractivity contribution < 1.29 is 52.5 Å². The third-order valence-electron chi connectivity index (χ3n) is 8.46. The lowest BCUT2D eigenvalue weighted by Crippen LogP contribution is -2.57. The van der Waals surface area contributed by atoms with Crippen LogP contribution in [0.1, 0.15) is 136 Å². The van der Waals surface area contributed by atoms with Crippen LogP contribution in [0.4, 0.5) is 14.4 Å². The molecule has 4 amide bonds. The molecule has 18 nitrogen and oxygen atoms in total. The van der Waals surface area contributed by atoms with E-state index in [0.717, 1.165) is 27.6 Å². The summed E-state index contributed by atoms with van der Waals surface area (Å²) in [5, 5.41) is 11.5. The number of hydrogen-bond donors (Lipinski definition) is 2. The predicted molar refractivity (Wildman–Crippen MR) is 212 cm³/mol. The summed E-state index contributed by atoms with van der Waals surface area (Å²) in [6.45, 7) is 16.8. The number of imide groups is 1. The van der Waals surface area contributed by atoms with Gasteiger partial charge in [0.25, 0.3) is 0 Å². The fourth-order valence-corrected chi connectivity index (χ4v) is 8.84. The number of aliphatic imine (C=N–C) groups is 1. The van der Waals surface area contributed by atoms with E-state index in [-0.39, 0.29) is 42.5 Å². The highest BCUT2D eigenvalue weighted by molar-refractivity contribution is 7.12. The maximum absolute atomic E-state index is 14.2. The van der Waals surface area contributed by atoms with Crippen molar-refractivity contribution in [3.63, 3.8) is 0 Å². The van der Waals surface area contributed by atoms with Gasteiger partial charge >= 0.3 is 30.2 Å². The summed E-state index contributed by atoms with van der Waals surface area (Å²) in [5.41, 5.74) is -2.36. The number of thiazole rings is 3. The molecule has 1 fully saturated rings. The Hall–Kier alpha value is -5.02. The Morgan fingerprint density at radius 3 is 2.16 bits per heavy atom. The van der Waals surface area contributed by atoms with E-state index in [1.54, 1.807) is 73.1 Å². The average Bonchev–Trinajstić information content (AvgIpc) is 3.94. The molecule has 0 radical (unpaired) electrons. The van der Waals surface area contributed by atoms with E-state index in [0.29, 0.717) is 21.4 Å². The minimum absolute atomic E-state index is 0.00495. The van der Waals surface area contributed by atoms with Crippen LogP contribution in [0, 0.1) is 0 Å². The molecule has 5 atom stereocenters. The molecular formula is C37H47N7O11S3. The third kappa shape index (κ3) is 9.98. The van der Waals surface area contributed by atoms with Crippen molar-refractivity contribution in [1.29, 1.82) is 0 Å². The summed E-state index contributed by atoms with van der Waals surface area (Å²) < 4.78 is 26.8. The molecule has 2 N–H and O–H groups in total. The fraction of sp³-hybridized carbons (Fsp3) is 0.568. The Kier molecular flexibility index (Phi) is 13.3. The lowest BCUT2D eigenvalue weighted by atomic mass is 9.80. The van der Waals surface area contributed by atoms with Crippen molar-refractivity contribution in [2.24, 2.45) is 4.99 Å². The van der Waals surface area contributed by atoms with Crippen LogP contribution >= 0.6 is 34.0 Å². The molecule has 0 spiro atoms. The standard InChI is InChI=1S/C37H47N7O11S3/c1-11-51-29(46)22-16-56-27(41-22)20-13-14-37(31-42-23(17-58-31)30(47)52-12-2,43-26(45)18(3)38-32(48)54-35(5,6)7)25(39-20)21-15-57-28(40-21)24-19(4)53-33(49)44(24)34(50)55-36(8,9)10/h15-19,24-25H,11-14H2,1-10H3,(H,38,48)(H,43,45)/t18-,19+,24-,25+,37+/m0/s1. The van der Waals surface area contributed by atoms with Gasteiger partial charge in [-0.2, -0.15) is 4.90 Å². The fourth-order valence-electron chi connectivity index (χ4n) is 6.01. The highest BCUT2D eigenvalue weighted by Crippen LogP contribution is 2.48. The first-order valence-electron chi connectivity index (χ1n) is 18.5. The molecular weight excluding hydrogens is 815 g/mol. The van der Waals surface area contributed by atoms with Gasteiger partial charge in [0.1, 0.15) is 56.0 Å². The van der Waals surface area contributed by atoms with Crippen molar-refractivity contribution >= 4 is 75.8 Å². The molecule has 0 bridgehead atoms. The highest BCUT2D eigenvalue weighted by atomic mass is 32.1. The molecule has 3 aromatic heterocycles. The number of ether oxygens (including phenoxy) is 5. The van der Waals surface area contributed by atoms with Gasteiger partial charge in [-0.1, -0.05) is 0 Å². The van der Waals surface area contributed by atoms with Crippen LogP contribution in [0.2, 0.25) is 0 Å². The second-order valence-electron chi connectivity index (χ2n) is 15.3. The van der Waals surface area contributed by atoms with E-state index in [1.807, 2.05) is 0 Å². The number of hydrogen-bond acceptors (Lipinski definition) is 18. The summed E-state index contributed by atoms with van der Waals surface area (Å²) in [7, 11) is 0. The molecule has 21 heteroatoms.